The summed E-state index contributed by atoms with van der Waals surface area (Å²) in [5.41, 5.74) is 0.549. The number of hydrogen-bond acceptors (Lipinski definition) is 2. The first kappa shape index (κ1) is 15.7. The van der Waals surface area contributed by atoms with Crippen LogP contribution >= 0.6 is 0 Å². The fourth-order valence-electron chi connectivity index (χ4n) is 1.92. The van der Waals surface area contributed by atoms with Gasteiger partial charge in [0.25, 0.3) is 0 Å². The van der Waals surface area contributed by atoms with Crippen molar-refractivity contribution in [3.05, 3.63) is 35.6 Å². The normalized spacial score (nSPS) is 11.3. The van der Waals surface area contributed by atoms with E-state index in [-0.39, 0.29) is 11.2 Å². The first-order valence-corrected chi connectivity index (χ1v) is 6.90. The van der Waals surface area contributed by atoms with Crippen LogP contribution in [0.3, 0.4) is 0 Å². The van der Waals surface area contributed by atoms with E-state index in [1.807, 2.05) is 26.0 Å². The van der Waals surface area contributed by atoms with Crippen molar-refractivity contribution in [2.45, 2.75) is 39.5 Å². The van der Waals surface area contributed by atoms with Gasteiger partial charge in [0.05, 0.1) is 11.5 Å². The quantitative estimate of drug-likeness (QED) is 0.725. The summed E-state index contributed by atoms with van der Waals surface area (Å²) in [6, 6.07) is 9.21. The Kier molecular flexibility index (Phi) is 6.52. The number of nitrogens with zero attached hydrogens (tertiary/aromatic N) is 1. The third-order valence-corrected chi connectivity index (χ3v) is 3.24. The summed E-state index contributed by atoms with van der Waals surface area (Å²) < 4.78 is 13.3. The van der Waals surface area contributed by atoms with Gasteiger partial charge in [-0.3, -0.25) is 0 Å². The molecule has 3 heteroatoms. The average molecular weight is 262 g/mol. The zero-order valence-corrected chi connectivity index (χ0v) is 11.9. The Bertz CT molecular complexity index is 421. The molecule has 0 atom stereocenters. The minimum Gasteiger partial charge on any atom is -0.316 e. The average Bonchev–Trinajstić information content (AvgIpc) is 2.39. The summed E-state index contributed by atoms with van der Waals surface area (Å²) in [5.74, 6) is -0.125. The number of nitrogens with one attached hydrogen (secondary N) is 1. The number of nitriles is 1. The molecule has 1 aromatic carbocycles. The maximum Gasteiger partial charge on any atom is 0.126 e. The Labute approximate surface area is 115 Å². The van der Waals surface area contributed by atoms with Gasteiger partial charge in [0.15, 0.2) is 0 Å². The van der Waals surface area contributed by atoms with E-state index in [4.69, 9.17) is 5.26 Å². The molecule has 0 aromatic heterocycles. The fraction of sp³-hybridized carbons (Fsp3) is 0.562. The summed E-state index contributed by atoms with van der Waals surface area (Å²) >= 11 is 0. The van der Waals surface area contributed by atoms with E-state index in [2.05, 4.69) is 11.4 Å². The summed E-state index contributed by atoms with van der Waals surface area (Å²) in [6.45, 7) is 5.66. The number of unbranched alkanes of at least 4 members (excludes halogenated alkanes) is 1. The van der Waals surface area contributed by atoms with Crippen LogP contribution in [0.2, 0.25) is 0 Å². The number of hydrogen-bond donors (Lipinski definition) is 1. The van der Waals surface area contributed by atoms with Crippen LogP contribution in [0.15, 0.2) is 24.3 Å². The van der Waals surface area contributed by atoms with Gasteiger partial charge in [0, 0.05) is 0 Å². The predicted octanol–water partition coefficient (Wildman–Crippen LogP) is 3.68. The highest BCUT2D eigenvalue weighted by molar-refractivity contribution is 5.17. The smallest absolute Gasteiger partial charge is 0.126 e. The molecule has 19 heavy (non-hydrogen) atoms. The third kappa shape index (κ3) is 6.35. The Morgan fingerprint density at radius 3 is 2.63 bits per heavy atom. The van der Waals surface area contributed by atoms with Crippen LogP contribution in [-0.4, -0.2) is 13.1 Å². The van der Waals surface area contributed by atoms with Gasteiger partial charge in [-0.2, -0.15) is 5.26 Å². The summed E-state index contributed by atoms with van der Waals surface area (Å²) in [4.78, 5) is 0. The van der Waals surface area contributed by atoms with Crippen LogP contribution in [-0.2, 0) is 6.42 Å². The van der Waals surface area contributed by atoms with Crippen LogP contribution in [0.5, 0.6) is 0 Å². The van der Waals surface area contributed by atoms with Crippen LogP contribution in [0.4, 0.5) is 4.39 Å². The molecule has 0 unspecified atom stereocenters. The van der Waals surface area contributed by atoms with Crippen molar-refractivity contribution in [2.75, 3.05) is 13.1 Å². The van der Waals surface area contributed by atoms with E-state index in [1.54, 1.807) is 6.07 Å². The zero-order chi connectivity index (χ0) is 14.1. The molecule has 0 aliphatic heterocycles. The molecule has 0 amide bonds. The molecule has 1 aromatic rings. The van der Waals surface area contributed by atoms with Crippen molar-refractivity contribution in [1.29, 1.82) is 5.26 Å². The highest BCUT2D eigenvalue weighted by Gasteiger charge is 2.15. The Morgan fingerprint density at radius 1 is 1.21 bits per heavy atom. The lowest BCUT2D eigenvalue weighted by molar-refractivity contribution is 0.422. The molecule has 0 fully saturated rings. The predicted molar refractivity (Wildman–Crippen MR) is 76.2 cm³/mol. The molecule has 1 rings (SSSR count). The zero-order valence-electron chi connectivity index (χ0n) is 11.9. The highest BCUT2D eigenvalue weighted by atomic mass is 19.1. The van der Waals surface area contributed by atoms with Crippen molar-refractivity contribution in [2.24, 2.45) is 5.41 Å². The highest BCUT2D eigenvalue weighted by Crippen LogP contribution is 2.21. The van der Waals surface area contributed by atoms with Crippen LogP contribution < -0.4 is 5.32 Å². The van der Waals surface area contributed by atoms with Gasteiger partial charge in [-0.05, 0) is 57.8 Å². The largest absolute Gasteiger partial charge is 0.316 e. The second-order valence-electron chi connectivity index (χ2n) is 5.54. The molecular weight excluding hydrogens is 239 g/mol. The minimum atomic E-state index is -0.215. The van der Waals surface area contributed by atoms with Crippen molar-refractivity contribution in [3.8, 4) is 6.07 Å². The molecule has 2 nitrogen and oxygen atoms in total. The lowest BCUT2D eigenvalue weighted by atomic mass is 9.89. The van der Waals surface area contributed by atoms with Crippen LogP contribution in [0.1, 0.15) is 38.7 Å². The molecule has 0 aliphatic rings. The summed E-state index contributed by atoms with van der Waals surface area (Å²) in [5, 5.41) is 12.2. The van der Waals surface area contributed by atoms with Crippen molar-refractivity contribution >= 4 is 0 Å². The first-order valence-electron chi connectivity index (χ1n) is 6.90. The number of rotatable bonds is 8. The molecule has 0 radical (unpaired) electrons. The Hall–Kier alpha value is -1.40. The van der Waals surface area contributed by atoms with E-state index < -0.39 is 0 Å². The standard InChI is InChI=1S/C16H23FN2/c1-16(2,13-18)10-5-6-11-19-12-9-14-7-3-4-8-15(14)17/h3-4,7-8,19H,5-6,9-12H2,1-2H3. The van der Waals surface area contributed by atoms with Gasteiger partial charge in [-0.15, -0.1) is 0 Å². The monoisotopic (exact) mass is 262 g/mol. The molecule has 0 bridgehead atoms. The van der Waals surface area contributed by atoms with Gasteiger partial charge < -0.3 is 5.32 Å². The van der Waals surface area contributed by atoms with Crippen LogP contribution in [0.25, 0.3) is 0 Å². The van der Waals surface area contributed by atoms with Gasteiger partial charge in [0.1, 0.15) is 5.82 Å². The molecular formula is C16H23FN2. The summed E-state index contributed by atoms with van der Waals surface area (Å²) in [7, 11) is 0. The van der Waals surface area contributed by atoms with Crippen molar-refractivity contribution in [1.82, 2.24) is 5.32 Å². The number of halogens is 1. The fourth-order valence-corrected chi connectivity index (χ4v) is 1.92. The van der Waals surface area contributed by atoms with Gasteiger partial charge in [0.2, 0.25) is 0 Å². The maximum atomic E-state index is 13.3. The number of benzene rings is 1. The van der Waals surface area contributed by atoms with Crippen molar-refractivity contribution in [3.63, 3.8) is 0 Å². The molecule has 1 N–H and O–H groups in total. The molecule has 0 aliphatic carbocycles. The third-order valence-electron chi connectivity index (χ3n) is 3.24. The maximum absolute atomic E-state index is 13.3. The van der Waals surface area contributed by atoms with Gasteiger partial charge >= 0.3 is 0 Å². The molecule has 0 saturated carbocycles. The molecule has 0 heterocycles. The van der Waals surface area contributed by atoms with Gasteiger partial charge in [-0.25, -0.2) is 4.39 Å². The minimum absolute atomic E-state index is 0.125. The van der Waals surface area contributed by atoms with E-state index >= 15 is 0 Å². The second-order valence-corrected chi connectivity index (χ2v) is 5.54. The molecule has 0 spiro atoms. The van der Waals surface area contributed by atoms with E-state index in [9.17, 15) is 4.39 Å². The lowest BCUT2D eigenvalue weighted by Gasteiger charge is -2.14. The molecule has 104 valence electrons. The van der Waals surface area contributed by atoms with E-state index in [1.165, 1.54) is 6.07 Å². The van der Waals surface area contributed by atoms with E-state index in [0.717, 1.165) is 44.3 Å². The second kappa shape index (κ2) is 7.91. The van der Waals surface area contributed by atoms with E-state index in [0.29, 0.717) is 0 Å². The van der Waals surface area contributed by atoms with Crippen molar-refractivity contribution < 1.29 is 4.39 Å². The Morgan fingerprint density at radius 2 is 1.95 bits per heavy atom. The lowest BCUT2D eigenvalue weighted by Crippen LogP contribution is -2.19. The topological polar surface area (TPSA) is 35.8 Å². The Balaban J connectivity index is 2.07. The van der Waals surface area contributed by atoms with Crippen LogP contribution in [0, 0.1) is 22.6 Å². The summed E-state index contributed by atoms with van der Waals surface area (Å²) in [6.07, 6.45) is 3.75. The molecule has 0 saturated heterocycles. The first-order chi connectivity index (χ1) is 9.05. The van der Waals surface area contributed by atoms with Gasteiger partial charge in [-0.1, -0.05) is 24.6 Å². The SMILES string of the molecule is CC(C)(C#N)CCCCNCCc1ccccc1F.